The van der Waals surface area contributed by atoms with E-state index in [1.165, 1.54) is 132 Å². The lowest BCUT2D eigenvalue weighted by atomic mass is 9.62. The van der Waals surface area contributed by atoms with Crippen molar-refractivity contribution in [3.8, 4) is 0 Å². The largest absolute Gasteiger partial charge is 0.310 e. The van der Waals surface area contributed by atoms with Crippen LogP contribution in [0.4, 0.5) is 34.1 Å². The van der Waals surface area contributed by atoms with Crippen LogP contribution in [-0.4, -0.2) is 0 Å². The second-order valence-corrected chi connectivity index (χ2v) is 26.7. The van der Waals surface area contributed by atoms with Crippen molar-refractivity contribution in [3.63, 3.8) is 0 Å². The van der Waals surface area contributed by atoms with Crippen LogP contribution in [0.1, 0.15) is 201 Å². The summed E-state index contributed by atoms with van der Waals surface area (Å²) in [7, 11) is 0. The Morgan fingerprint density at radius 1 is 0.362 bits per heavy atom. The molecule has 0 fully saturated rings. The van der Waals surface area contributed by atoms with Gasteiger partial charge >= 0.3 is 0 Å². The quantitative estimate of drug-likeness (QED) is 0.150. The molecule has 6 aromatic rings. The van der Waals surface area contributed by atoms with Crippen LogP contribution >= 0.6 is 0 Å². The van der Waals surface area contributed by atoms with E-state index in [2.05, 4.69) is 244 Å². The Bertz CT molecular complexity index is 3000. The summed E-state index contributed by atoms with van der Waals surface area (Å²) in [6.45, 7) is 46.0. The monoisotopic (exact) mass is 917 g/mol. The average molecular weight is 917 g/mol. The zero-order valence-electron chi connectivity index (χ0n) is 46.2. The summed E-state index contributed by atoms with van der Waals surface area (Å²) in [5.41, 5.74) is 25.7. The highest BCUT2D eigenvalue weighted by Gasteiger charge is 2.44. The van der Waals surface area contributed by atoms with Crippen LogP contribution in [0.15, 0.2) is 103 Å². The standard InChI is InChI=1S/C67H84N2/c1-42-33-59(68(49-27-28-50-53(38-49)63(10,11)30-29-61(50,6)7)57-39-54-51(35-44(57)3)62(8,9)31-32-64(54,12)13)46(5)60(34-42)69(58-40-55-52(36-45(58)4)65(14,15)41-66(55,16)17)56-37-48(26-25-43(56)2)67(18,19)47-23-21-20-22-24-47/h20-28,33-40H,29-32,41H2,1-19H3. The van der Waals surface area contributed by atoms with E-state index in [0.717, 1.165) is 6.42 Å². The molecule has 0 atom stereocenters. The predicted octanol–water partition coefficient (Wildman–Crippen LogP) is 19.2. The molecule has 0 saturated heterocycles. The van der Waals surface area contributed by atoms with Gasteiger partial charge in [0.2, 0.25) is 0 Å². The lowest BCUT2D eigenvalue weighted by Gasteiger charge is -2.44. The van der Waals surface area contributed by atoms with Crippen LogP contribution in [0.25, 0.3) is 0 Å². The second kappa shape index (κ2) is 16.2. The Hall–Kier alpha value is -5.08. The van der Waals surface area contributed by atoms with E-state index >= 15 is 0 Å². The molecule has 0 spiro atoms. The maximum absolute atomic E-state index is 2.66. The van der Waals surface area contributed by atoms with Crippen LogP contribution < -0.4 is 9.80 Å². The summed E-state index contributed by atoms with van der Waals surface area (Å²) in [4.78, 5) is 5.32. The normalized spacial score (nSPS) is 19.1. The first-order chi connectivity index (χ1) is 32.0. The first kappa shape index (κ1) is 48.9. The number of nitrogens with zero attached hydrogens (tertiary/aromatic N) is 2. The van der Waals surface area contributed by atoms with Gasteiger partial charge in [-0.15, -0.1) is 0 Å². The molecule has 0 amide bonds. The van der Waals surface area contributed by atoms with E-state index in [1.54, 1.807) is 0 Å². The van der Waals surface area contributed by atoms with Crippen LogP contribution in [0.3, 0.4) is 0 Å². The smallest absolute Gasteiger partial charge is 0.0514 e. The zero-order chi connectivity index (χ0) is 50.2. The minimum absolute atomic E-state index is 0.0455. The third kappa shape index (κ3) is 8.18. The van der Waals surface area contributed by atoms with Gasteiger partial charge in [0.25, 0.3) is 0 Å². The molecule has 0 bridgehead atoms. The first-order valence-electron chi connectivity index (χ1n) is 26.3. The van der Waals surface area contributed by atoms with Crippen molar-refractivity contribution >= 4 is 34.1 Å². The molecule has 69 heavy (non-hydrogen) atoms. The third-order valence-corrected chi connectivity index (χ3v) is 18.1. The van der Waals surface area contributed by atoms with Gasteiger partial charge in [0.15, 0.2) is 0 Å². The van der Waals surface area contributed by atoms with Crippen LogP contribution in [0.2, 0.25) is 0 Å². The van der Waals surface area contributed by atoms with Crippen molar-refractivity contribution in [2.24, 2.45) is 0 Å². The molecule has 0 aliphatic heterocycles. The Morgan fingerprint density at radius 3 is 1.35 bits per heavy atom. The van der Waals surface area contributed by atoms with Crippen molar-refractivity contribution in [3.05, 3.63) is 175 Å². The fraction of sp³-hybridized carbons (Fsp3) is 0.463. The SMILES string of the molecule is Cc1cc(N(c2ccc3c(c2)C(C)(C)CCC3(C)C)c2cc3c(cc2C)C(C)(C)CCC3(C)C)c(C)c(N(c2cc(C(C)(C)c3ccccc3)ccc2C)c2cc3c(cc2C)C(C)(C)CC3(C)C)c1. The lowest BCUT2D eigenvalue weighted by molar-refractivity contribution is 0.331. The van der Waals surface area contributed by atoms with E-state index in [-0.39, 0.29) is 37.9 Å². The molecule has 0 aromatic heterocycles. The topological polar surface area (TPSA) is 6.48 Å². The molecule has 0 radical (unpaired) electrons. The molecule has 6 aromatic carbocycles. The molecule has 362 valence electrons. The van der Waals surface area contributed by atoms with Gasteiger partial charge in [-0.05, 0) is 214 Å². The van der Waals surface area contributed by atoms with Crippen LogP contribution in [0, 0.1) is 34.6 Å². The van der Waals surface area contributed by atoms with Crippen molar-refractivity contribution < 1.29 is 0 Å². The highest BCUT2D eigenvalue weighted by Crippen LogP contribution is 2.56. The number of benzene rings is 6. The van der Waals surface area contributed by atoms with Crippen LogP contribution in [0.5, 0.6) is 0 Å². The maximum Gasteiger partial charge on any atom is 0.0514 e. The van der Waals surface area contributed by atoms with E-state index in [1.807, 2.05) is 0 Å². The van der Waals surface area contributed by atoms with Crippen molar-refractivity contribution in [2.45, 2.75) is 202 Å². The molecule has 9 rings (SSSR count). The fourth-order valence-corrected chi connectivity index (χ4v) is 13.4. The summed E-state index contributed by atoms with van der Waals surface area (Å²) in [6, 6.07) is 41.0. The summed E-state index contributed by atoms with van der Waals surface area (Å²) in [5, 5.41) is 0. The van der Waals surface area contributed by atoms with Gasteiger partial charge in [0, 0.05) is 28.2 Å². The summed E-state index contributed by atoms with van der Waals surface area (Å²) in [5.74, 6) is 0. The molecule has 3 aliphatic rings. The van der Waals surface area contributed by atoms with Gasteiger partial charge in [-0.3, -0.25) is 0 Å². The van der Waals surface area contributed by atoms with Gasteiger partial charge < -0.3 is 9.80 Å². The number of rotatable bonds is 8. The first-order valence-corrected chi connectivity index (χ1v) is 26.3. The molecule has 0 saturated carbocycles. The average Bonchev–Trinajstić information content (AvgIpc) is 3.45. The van der Waals surface area contributed by atoms with Crippen molar-refractivity contribution in [2.75, 3.05) is 9.80 Å². The van der Waals surface area contributed by atoms with E-state index < -0.39 is 0 Å². The summed E-state index contributed by atoms with van der Waals surface area (Å²) in [6.07, 6.45) is 5.87. The molecular weight excluding hydrogens is 833 g/mol. The minimum atomic E-state index is -0.209. The van der Waals surface area contributed by atoms with E-state index in [9.17, 15) is 0 Å². The number of aryl methyl sites for hydroxylation is 4. The number of hydrogen-bond acceptors (Lipinski definition) is 2. The summed E-state index contributed by atoms with van der Waals surface area (Å²) < 4.78 is 0. The molecule has 3 aliphatic carbocycles. The fourth-order valence-electron chi connectivity index (χ4n) is 13.4. The van der Waals surface area contributed by atoms with Crippen molar-refractivity contribution in [1.82, 2.24) is 0 Å². The van der Waals surface area contributed by atoms with Gasteiger partial charge in [-0.2, -0.15) is 0 Å². The molecule has 0 N–H and O–H groups in total. The minimum Gasteiger partial charge on any atom is -0.310 e. The third-order valence-electron chi connectivity index (χ3n) is 18.1. The number of hydrogen-bond donors (Lipinski definition) is 0. The molecule has 2 heteroatoms. The lowest BCUT2D eigenvalue weighted by Crippen LogP contribution is -2.34. The van der Waals surface area contributed by atoms with Crippen LogP contribution in [-0.2, 0) is 37.9 Å². The van der Waals surface area contributed by atoms with Gasteiger partial charge in [-0.1, -0.05) is 158 Å². The summed E-state index contributed by atoms with van der Waals surface area (Å²) >= 11 is 0. The highest BCUT2D eigenvalue weighted by atomic mass is 15.2. The Kier molecular flexibility index (Phi) is 11.5. The zero-order valence-corrected chi connectivity index (χ0v) is 46.2. The molecule has 0 unspecified atom stereocenters. The van der Waals surface area contributed by atoms with Gasteiger partial charge in [0.05, 0.1) is 11.4 Å². The van der Waals surface area contributed by atoms with Gasteiger partial charge in [0.1, 0.15) is 0 Å². The predicted molar refractivity (Wildman–Crippen MR) is 299 cm³/mol. The second-order valence-electron chi connectivity index (χ2n) is 26.7. The maximum atomic E-state index is 2.66. The van der Waals surface area contributed by atoms with E-state index in [0.29, 0.717) is 0 Å². The Morgan fingerprint density at radius 2 is 0.797 bits per heavy atom. The number of anilines is 6. The molecule has 0 heterocycles. The Labute approximate surface area is 419 Å². The van der Waals surface area contributed by atoms with Gasteiger partial charge in [-0.25, -0.2) is 0 Å². The molecule has 2 nitrogen and oxygen atoms in total. The number of fused-ring (bicyclic) bond motifs is 3. The van der Waals surface area contributed by atoms with Crippen molar-refractivity contribution in [1.29, 1.82) is 0 Å². The molecular formula is C67H84N2. The van der Waals surface area contributed by atoms with E-state index in [4.69, 9.17) is 0 Å². The highest BCUT2D eigenvalue weighted by molar-refractivity contribution is 5.90. The Balaban J connectivity index is 1.36.